The topological polar surface area (TPSA) is 9.23 Å². The molecule has 0 aromatic heterocycles. The van der Waals surface area contributed by atoms with Crippen LogP contribution in [0.5, 0.6) is 5.75 Å². The van der Waals surface area contributed by atoms with Crippen LogP contribution in [0.3, 0.4) is 0 Å². The minimum atomic E-state index is -0.301. The number of rotatable bonds is 3. The molecule has 1 nitrogen and oxygen atoms in total. The van der Waals surface area contributed by atoms with Crippen molar-refractivity contribution in [3.8, 4) is 5.75 Å². The van der Waals surface area contributed by atoms with Gasteiger partial charge in [-0.25, -0.2) is 0 Å². The van der Waals surface area contributed by atoms with E-state index in [4.69, 9.17) is 27.9 Å². The van der Waals surface area contributed by atoms with E-state index in [1.54, 1.807) is 13.2 Å². The molecular formula is C15H13BrCl2O. The minimum absolute atomic E-state index is 0.301. The van der Waals surface area contributed by atoms with Crippen molar-refractivity contribution in [2.45, 2.75) is 12.3 Å². The number of aryl methyl sites for hydroxylation is 1. The van der Waals surface area contributed by atoms with Gasteiger partial charge >= 0.3 is 0 Å². The molecule has 0 aliphatic rings. The van der Waals surface area contributed by atoms with Crippen LogP contribution in [-0.4, -0.2) is 7.11 Å². The highest BCUT2D eigenvalue weighted by Crippen LogP contribution is 2.37. The third kappa shape index (κ3) is 3.44. The smallest absolute Gasteiger partial charge is 0.123 e. The molecule has 0 heterocycles. The molecule has 0 spiro atoms. The van der Waals surface area contributed by atoms with Crippen LogP contribution in [0, 0.1) is 6.92 Å². The van der Waals surface area contributed by atoms with Crippen LogP contribution >= 0.6 is 39.1 Å². The largest absolute Gasteiger partial charge is 0.496 e. The third-order valence-electron chi connectivity index (χ3n) is 2.82. The lowest BCUT2D eigenvalue weighted by Crippen LogP contribution is -1.98. The second-order valence-corrected chi connectivity index (χ2v) is 6.10. The van der Waals surface area contributed by atoms with Crippen LogP contribution in [-0.2, 0) is 0 Å². The van der Waals surface area contributed by atoms with Crippen LogP contribution in [0.15, 0.2) is 40.9 Å². The van der Waals surface area contributed by atoms with Crippen molar-refractivity contribution >= 4 is 39.1 Å². The average molecular weight is 360 g/mol. The molecule has 0 bridgehead atoms. The van der Waals surface area contributed by atoms with Gasteiger partial charge in [0.25, 0.3) is 0 Å². The molecule has 0 radical (unpaired) electrons. The van der Waals surface area contributed by atoms with Gasteiger partial charge in [-0.3, -0.25) is 0 Å². The molecule has 0 fully saturated rings. The molecule has 4 heteroatoms. The second kappa shape index (κ2) is 6.17. The Labute approximate surface area is 131 Å². The summed E-state index contributed by atoms with van der Waals surface area (Å²) in [7, 11) is 1.63. The number of halogens is 3. The SMILES string of the molecule is COc1ccc(Cl)cc1C(Cl)c1cc(C)cc(Br)c1. The van der Waals surface area contributed by atoms with Crippen molar-refractivity contribution in [1.82, 2.24) is 0 Å². The fraction of sp³-hybridized carbons (Fsp3) is 0.200. The Morgan fingerprint density at radius 1 is 1.16 bits per heavy atom. The number of hydrogen-bond donors (Lipinski definition) is 0. The average Bonchev–Trinajstić information content (AvgIpc) is 2.36. The molecule has 0 saturated heterocycles. The van der Waals surface area contributed by atoms with Gasteiger partial charge in [0.1, 0.15) is 5.75 Å². The number of alkyl halides is 1. The Balaban J connectivity index is 2.48. The zero-order valence-electron chi connectivity index (χ0n) is 10.6. The first-order valence-corrected chi connectivity index (χ1v) is 7.36. The second-order valence-electron chi connectivity index (χ2n) is 4.31. The Kier molecular flexibility index (Phi) is 4.77. The van der Waals surface area contributed by atoms with E-state index in [0.717, 1.165) is 26.9 Å². The minimum Gasteiger partial charge on any atom is -0.496 e. The van der Waals surface area contributed by atoms with Gasteiger partial charge in [0.05, 0.1) is 12.5 Å². The Morgan fingerprint density at radius 3 is 2.53 bits per heavy atom. The highest BCUT2D eigenvalue weighted by molar-refractivity contribution is 9.10. The maximum atomic E-state index is 6.57. The molecule has 100 valence electrons. The third-order valence-corrected chi connectivity index (χ3v) is 4.00. The number of ether oxygens (including phenoxy) is 1. The van der Waals surface area contributed by atoms with Crippen LogP contribution in [0.4, 0.5) is 0 Å². The van der Waals surface area contributed by atoms with Gasteiger partial charge < -0.3 is 4.74 Å². The highest BCUT2D eigenvalue weighted by Gasteiger charge is 2.17. The number of hydrogen-bond acceptors (Lipinski definition) is 1. The summed E-state index contributed by atoms with van der Waals surface area (Å²) in [6.07, 6.45) is 0. The monoisotopic (exact) mass is 358 g/mol. The Morgan fingerprint density at radius 2 is 1.89 bits per heavy atom. The van der Waals surface area contributed by atoms with E-state index in [9.17, 15) is 0 Å². The molecule has 1 atom stereocenters. The van der Waals surface area contributed by atoms with Gasteiger partial charge in [0.15, 0.2) is 0 Å². The zero-order chi connectivity index (χ0) is 14.0. The summed E-state index contributed by atoms with van der Waals surface area (Å²) in [4.78, 5) is 0. The van der Waals surface area contributed by atoms with Crippen LogP contribution < -0.4 is 4.74 Å². The number of methoxy groups -OCH3 is 1. The lowest BCUT2D eigenvalue weighted by atomic mass is 10.0. The van der Waals surface area contributed by atoms with Gasteiger partial charge in [0.2, 0.25) is 0 Å². The first-order valence-electron chi connectivity index (χ1n) is 5.76. The molecule has 19 heavy (non-hydrogen) atoms. The van der Waals surface area contributed by atoms with Gasteiger partial charge in [-0.05, 0) is 48.4 Å². The van der Waals surface area contributed by atoms with E-state index in [-0.39, 0.29) is 5.38 Å². The predicted octanol–water partition coefficient (Wildman–Crippen LogP) is 5.75. The Bertz CT molecular complexity index is 578. The van der Waals surface area contributed by atoms with Crippen molar-refractivity contribution in [3.05, 3.63) is 62.6 Å². The first kappa shape index (κ1) is 14.7. The number of benzene rings is 2. The molecule has 1 unspecified atom stereocenters. The maximum Gasteiger partial charge on any atom is 0.123 e. The zero-order valence-corrected chi connectivity index (χ0v) is 13.7. The fourth-order valence-electron chi connectivity index (χ4n) is 1.99. The van der Waals surface area contributed by atoms with Crippen molar-refractivity contribution in [2.24, 2.45) is 0 Å². The molecular weight excluding hydrogens is 347 g/mol. The summed E-state index contributed by atoms with van der Waals surface area (Å²) in [5, 5.41) is 0.345. The van der Waals surface area contributed by atoms with E-state index >= 15 is 0 Å². The quantitative estimate of drug-likeness (QED) is 0.634. The molecule has 2 aromatic carbocycles. The van der Waals surface area contributed by atoms with Crippen molar-refractivity contribution in [1.29, 1.82) is 0 Å². The summed E-state index contributed by atoms with van der Waals surface area (Å²) in [6.45, 7) is 2.03. The molecule has 0 amide bonds. The Hall–Kier alpha value is -0.700. The lowest BCUT2D eigenvalue weighted by molar-refractivity contribution is 0.410. The first-order chi connectivity index (χ1) is 9.01. The molecule has 2 rings (SSSR count). The van der Waals surface area contributed by atoms with Crippen LogP contribution in [0.25, 0.3) is 0 Å². The molecule has 0 aliphatic heterocycles. The van der Waals surface area contributed by atoms with Gasteiger partial charge in [-0.1, -0.05) is 33.6 Å². The van der Waals surface area contributed by atoms with Gasteiger partial charge in [-0.15, -0.1) is 11.6 Å². The summed E-state index contributed by atoms with van der Waals surface area (Å²) in [6, 6.07) is 11.6. The normalized spacial score (nSPS) is 12.3. The van der Waals surface area contributed by atoms with E-state index in [0.29, 0.717) is 5.02 Å². The van der Waals surface area contributed by atoms with E-state index < -0.39 is 0 Å². The van der Waals surface area contributed by atoms with Crippen molar-refractivity contribution in [2.75, 3.05) is 7.11 Å². The molecule has 0 N–H and O–H groups in total. The lowest BCUT2D eigenvalue weighted by Gasteiger charge is -2.15. The van der Waals surface area contributed by atoms with Gasteiger partial charge in [-0.2, -0.15) is 0 Å². The standard InChI is InChI=1S/C15H13BrCl2O/c1-9-5-10(7-11(16)6-9)15(18)13-8-12(17)3-4-14(13)19-2/h3-8,15H,1-2H3. The molecule has 0 aliphatic carbocycles. The maximum absolute atomic E-state index is 6.57. The fourth-order valence-corrected chi connectivity index (χ4v) is 3.10. The van der Waals surface area contributed by atoms with Gasteiger partial charge in [0, 0.05) is 15.1 Å². The summed E-state index contributed by atoms with van der Waals surface area (Å²) in [5.41, 5.74) is 3.03. The van der Waals surface area contributed by atoms with E-state index in [2.05, 4.69) is 22.0 Å². The molecule has 2 aromatic rings. The summed E-state index contributed by atoms with van der Waals surface area (Å²) < 4.78 is 6.36. The van der Waals surface area contributed by atoms with E-state index in [1.807, 2.05) is 31.2 Å². The van der Waals surface area contributed by atoms with E-state index in [1.165, 1.54) is 0 Å². The van der Waals surface area contributed by atoms with Crippen LogP contribution in [0.2, 0.25) is 5.02 Å². The predicted molar refractivity (Wildman–Crippen MR) is 84.6 cm³/mol. The van der Waals surface area contributed by atoms with Crippen molar-refractivity contribution in [3.63, 3.8) is 0 Å². The molecule has 0 saturated carbocycles. The van der Waals surface area contributed by atoms with Crippen molar-refractivity contribution < 1.29 is 4.74 Å². The highest BCUT2D eigenvalue weighted by atomic mass is 79.9. The van der Waals surface area contributed by atoms with Crippen LogP contribution in [0.1, 0.15) is 22.1 Å². The summed E-state index contributed by atoms with van der Waals surface area (Å²) >= 11 is 16.1. The summed E-state index contributed by atoms with van der Waals surface area (Å²) in [5.74, 6) is 0.738.